The molecule has 6 heteroatoms. The Labute approximate surface area is 152 Å². The van der Waals surface area contributed by atoms with Gasteiger partial charge >= 0.3 is 0 Å². The maximum absolute atomic E-state index is 12.6. The van der Waals surface area contributed by atoms with Crippen molar-refractivity contribution in [1.29, 1.82) is 0 Å². The normalized spacial score (nSPS) is 15.2. The topological polar surface area (TPSA) is 71.0 Å². The summed E-state index contributed by atoms with van der Waals surface area (Å²) in [6.07, 6.45) is 3.40. The van der Waals surface area contributed by atoms with E-state index in [4.69, 9.17) is 0 Å². The molecule has 26 heavy (non-hydrogen) atoms. The highest BCUT2D eigenvalue weighted by Gasteiger charge is 2.25. The van der Waals surface area contributed by atoms with Crippen molar-refractivity contribution in [2.45, 2.75) is 19.8 Å². The number of carbonyl (C=O) groups is 1. The van der Waals surface area contributed by atoms with Crippen LogP contribution in [0.1, 0.15) is 18.5 Å². The van der Waals surface area contributed by atoms with Crippen molar-refractivity contribution in [2.24, 2.45) is 5.92 Å². The maximum atomic E-state index is 12.6. The number of hydrogen-bond acceptors (Lipinski definition) is 5. The molecule has 0 saturated carbocycles. The molecule has 1 amide bonds. The number of nitrogens with zero attached hydrogens (tertiary/aromatic N) is 4. The van der Waals surface area contributed by atoms with Crippen molar-refractivity contribution in [1.82, 2.24) is 15.2 Å². The Morgan fingerprint density at radius 2 is 1.96 bits per heavy atom. The minimum Gasteiger partial charge on any atom is -0.355 e. The van der Waals surface area contributed by atoms with Crippen LogP contribution in [0.25, 0.3) is 10.9 Å². The summed E-state index contributed by atoms with van der Waals surface area (Å²) in [7, 11) is 0. The summed E-state index contributed by atoms with van der Waals surface area (Å²) in [5, 5.41) is 12.4. The number of benzene rings is 1. The lowest BCUT2D eigenvalue weighted by Crippen LogP contribution is -2.38. The molecule has 0 bridgehead atoms. The fourth-order valence-corrected chi connectivity index (χ4v) is 3.33. The van der Waals surface area contributed by atoms with Gasteiger partial charge in [-0.2, -0.15) is 5.10 Å². The molecule has 1 saturated heterocycles. The van der Waals surface area contributed by atoms with E-state index in [2.05, 4.69) is 25.4 Å². The molecule has 132 valence electrons. The predicted molar refractivity (Wildman–Crippen MR) is 102 cm³/mol. The number of fused-ring (bicyclic) bond motifs is 1. The highest BCUT2D eigenvalue weighted by molar-refractivity contribution is 5.95. The van der Waals surface area contributed by atoms with Gasteiger partial charge < -0.3 is 10.2 Å². The first-order valence-electron chi connectivity index (χ1n) is 8.90. The van der Waals surface area contributed by atoms with Gasteiger partial charge in [-0.25, -0.2) is 0 Å². The quantitative estimate of drug-likeness (QED) is 0.788. The van der Waals surface area contributed by atoms with Crippen LogP contribution in [-0.2, 0) is 4.79 Å². The minimum atomic E-state index is 0.0225. The summed E-state index contributed by atoms with van der Waals surface area (Å²) in [6, 6.07) is 13.7. The van der Waals surface area contributed by atoms with Crippen LogP contribution in [0.5, 0.6) is 0 Å². The Balaban J connectivity index is 1.37. The monoisotopic (exact) mass is 347 g/mol. The SMILES string of the molecule is Cc1ccc(N2CCC(C(=O)Nc3ccc4ncccc4c3)CC2)nn1. The molecule has 2 aromatic heterocycles. The smallest absolute Gasteiger partial charge is 0.227 e. The van der Waals surface area contributed by atoms with Crippen molar-refractivity contribution in [3.05, 3.63) is 54.4 Å². The van der Waals surface area contributed by atoms with E-state index >= 15 is 0 Å². The average molecular weight is 347 g/mol. The molecule has 1 fully saturated rings. The van der Waals surface area contributed by atoms with Gasteiger partial charge in [0.25, 0.3) is 0 Å². The van der Waals surface area contributed by atoms with Crippen LogP contribution in [0.2, 0.25) is 0 Å². The predicted octanol–water partition coefficient (Wildman–Crippen LogP) is 3.19. The van der Waals surface area contributed by atoms with Crippen LogP contribution in [0, 0.1) is 12.8 Å². The summed E-state index contributed by atoms with van der Waals surface area (Å²) in [5.74, 6) is 0.994. The molecular weight excluding hydrogens is 326 g/mol. The number of rotatable bonds is 3. The molecule has 0 spiro atoms. The first-order valence-corrected chi connectivity index (χ1v) is 8.90. The summed E-state index contributed by atoms with van der Waals surface area (Å²) in [4.78, 5) is 19.1. The summed E-state index contributed by atoms with van der Waals surface area (Å²) < 4.78 is 0. The van der Waals surface area contributed by atoms with Gasteiger partial charge in [0.15, 0.2) is 5.82 Å². The van der Waals surface area contributed by atoms with E-state index in [1.807, 2.05) is 49.4 Å². The van der Waals surface area contributed by atoms with E-state index in [0.29, 0.717) is 0 Å². The van der Waals surface area contributed by atoms with Crippen LogP contribution in [0.3, 0.4) is 0 Å². The number of anilines is 2. The van der Waals surface area contributed by atoms with Crippen LogP contribution in [-0.4, -0.2) is 34.2 Å². The standard InChI is InChI=1S/C20H21N5O/c1-14-4-7-19(24-23-14)25-11-8-15(9-12-25)20(26)22-17-5-6-18-16(13-17)3-2-10-21-18/h2-7,10,13,15H,8-9,11-12H2,1H3,(H,22,26). The first-order chi connectivity index (χ1) is 12.7. The third-order valence-corrected chi connectivity index (χ3v) is 4.84. The summed E-state index contributed by atoms with van der Waals surface area (Å²) >= 11 is 0. The van der Waals surface area contributed by atoms with Crippen molar-refractivity contribution < 1.29 is 4.79 Å². The Kier molecular flexibility index (Phi) is 4.48. The maximum Gasteiger partial charge on any atom is 0.227 e. The van der Waals surface area contributed by atoms with E-state index in [-0.39, 0.29) is 11.8 Å². The second-order valence-electron chi connectivity index (χ2n) is 6.69. The van der Waals surface area contributed by atoms with E-state index in [0.717, 1.165) is 54.0 Å². The van der Waals surface area contributed by atoms with E-state index in [9.17, 15) is 4.79 Å². The molecule has 3 heterocycles. The summed E-state index contributed by atoms with van der Waals surface area (Å²) in [6.45, 7) is 3.56. The van der Waals surface area contributed by atoms with E-state index in [1.165, 1.54) is 0 Å². The van der Waals surface area contributed by atoms with Crippen molar-refractivity contribution in [2.75, 3.05) is 23.3 Å². The van der Waals surface area contributed by atoms with Gasteiger partial charge in [-0.3, -0.25) is 9.78 Å². The molecule has 1 N–H and O–H groups in total. The largest absolute Gasteiger partial charge is 0.355 e. The van der Waals surface area contributed by atoms with Crippen LogP contribution in [0.4, 0.5) is 11.5 Å². The number of hydrogen-bond donors (Lipinski definition) is 1. The van der Waals surface area contributed by atoms with Gasteiger partial charge in [-0.1, -0.05) is 6.07 Å². The molecule has 0 atom stereocenters. The Hall–Kier alpha value is -3.02. The lowest BCUT2D eigenvalue weighted by molar-refractivity contribution is -0.120. The molecule has 1 aliphatic rings. The number of aromatic nitrogens is 3. The van der Waals surface area contributed by atoms with Crippen molar-refractivity contribution >= 4 is 28.3 Å². The Morgan fingerprint density at radius 1 is 1.12 bits per heavy atom. The third kappa shape index (κ3) is 3.49. The Morgan fingerprint density at radius 3 is 2.73 bits per heavy atom. The van der Waals surface area contributed by atoms with Gasteiger partial charge in [0.05, 0.1) is 11.2 Å². The van der Waals surface area contributed by atoms with Gasteiger partial charge in [0.1, 0.15) is 0 Å². The molecule has 6 nitrogen and oxygen atoms in total. The number of nitrogens with one attached hydrogen (secondary N) is 1. The van der Waals surface area contributed by atoms with Gasteiger partial charge in [-0.05, 0) is 56.2 Å². The van der Waals surface area contributed by atoms with E-state index < -0.39 is 0 Å². The van der Waals surface area contributed by atoms with Gasteiger partial charge in [-0.15, -0.1) is 5.10 Å². The fourth-order valence-electron chi connectivity index (χ4n) is 3.33. The van der Waals surface area contributed by atoms with E-state index in [1.54, 1.807) is 6.20 Å². The third-order valence-electron chi connectivity index (χ3n) is 4.84. The second-order valence-corrected chi connectivity index (χ2v) is 6.69. The molecule has 1 aliphatic heterocycles. The Bertz CT molecular complexity index is 917. The molecule has 0 aliphatic carbocycles. The van der Waals surface area contributed by atoms with Crippen LogP contribution < -0.4 is 10.2 Å². The number of aryl methyl sites for hydroxylation is 1. The van der Waals surface area contributed by atoms with Crippen LogP contribution >= 0.6 is 0 Å². The molecular formula is C20H21N5O. The van der Waals surface area contributed by atoms with Crippen LogP contribution in [0.15, 0.2) is 48.7 Å². The second kappa shape index (κ2) is 7.07. The molecule has 1 aromatic carbocycles. The number of pyridine rings is 1. The highest BCUT2D eigenvalue weighted by Crippen LogP contribution is 2.24. The zero-order chi connectivity index (χ0) is 17.9. The van der Waals surface area contributed by atoms with Crippen molar-refractivity contribution in [3.63, 3.8) is 0 Å². The minimum absolute atomic E-state index is 0.0225. The molecule has 4 rings (SSSR count). The zero-order valence-electron chi connectivity index (χ0n) is 14.7. The molecule has 0 unspecified atom stereocenters. The lowest BCUT2D eigenvalue weighted by atomic mass is 9.95. The number of amides is 1. The molecule has 0 radical (unpaired) electrons. The van der Waals surface area contributed by atoms with Gasteiger partial charge in [0, 0.05) is 36.3 Å². The average Bonchev–Trinajstić information content (AvgIpc) is 2.68. The highest BCUT2D eigenvalue weighted by atomic mass is 16.1. The zero-order valence-corrected chi connectivity index (χ0v) is 14.7. The van der Waals surface area contributed by atoms with Crippen molar-refractivity contribution in [3.8, 4) is 0 Å². The fraction of sp³-hybridized carbons (Fsp3) is 0.300. The first kappa shape index (κ1) is 16.4. The van der Waals surface area contributed by atoms with Gasteiger partial charge in [0.2, 0.25) is 5.91 Å². The summed E-state index contributed by atoms with van der Waals surface area (Å²) in [5.41, 5.74) is 2.66. The lowest BCUT2D eigenvalue weighted by Gasteiger charge is -2.31. The number of carbonyl (C=O) groups excluding carboxylic acids is 1. The number of piperidine rings is 1. The molecule has 3 aromatic rings.